The van der Waals surface area contributed by atoms with E-state index in [9.17, 15) is 24.0 Å². The Morgan fingerprint density at radius 2 is 1.72 bits per heavy atom. The van der Waals surface area contributed by atoms with E-state index in [0.29, 0.717) is 24.9 Å². The lowest BCUT2D eigenvalue weighted by molar-refractivity contribution is -0.146. The molecule has 0 bridgehead atoms. The van der Waals surface area contributed by atoms with Gasteiger partial charge >= 0.3 is 12.0 Å². The molecule has 1 heterocycles. The minimum atomic E-state index is -0.994. The normalized spacial score (nSPS) is 15.1. The molecule has 1 aromatic rings. The van der Waals surface area contributed by atoms with Crippen LogP contribution in [0.5, 0.6) is 0 Å². The van der Waals surface area contributed by atoms with E-state index in [1.807, 2.05) is 0 Å². The summed E-state index contributed by atoms with van der Waals surface area (Å²) in [4.78, 5) is 60.4. The number of benzene rings is 1. The summed E-state index contributed by atoms with van der Waals surface area (Å²) in [5.41, 5.74) is 0.171. The minimum absolute atomic E-state index is 0.155. The number of Topliss-reactive ketones (excluding diaryl/α,β-unsaturated/α-hetero) is 1. The first-order valence-corrected chi connectivity index (χ1v) is 9.38. The largest absolute Gasteiger partial charge is 0.456 e. The number of nitrogens with zero attached hydrogens (tertiary/aromatic N) is 1. The third-order valence-electron chi connectivity index (χ3n) is 4.92. The molecule has 0 unspecified atom stereocenters. The van der Waals surface area contributed by atoms with Crippen LogP contribution in [-0.4, -0.2) is 53.2 Å². The quantitative estimate of drug-likeness (QED) is 0.362. The summed E-state index contributed by atoms with van der Waals surface area (Å²) in [5, 5.41) is 5.27. The van der Waals surface area contributed by atoms with Crippen molar-refractivity contribution in [3.8, 4) is 0 Å². The first-order chi connectivity index (χ1) is 13.7. The number of urea groups is 1. The van der Waals surface area contributed by atoms with Crippen LogP contribution < -0.4 is 10.6 Å². The molecule has 2 rings (SSSR count). The fraction of sp³-hybridized carbons (Fsp3) is 0.450. The second kappa shape index (κ2) is 9.31. The Balaban J connectivity index is 1.87. The Labute approximate surface area is 168 Å². The molecular weight excluding hydrogens is 378 g/mol. The van der Waals surface area contributed by atoms with Crippen molar-refractivity contribution >= 4 is 29.6 Å². The van der Waals surface area contributed by atoms with Gasteiger partial charge in [0, 0.05) is 19.0 Å². The molecule has 0 saturated carbocycles. The monoisotopic (exact) mass is 403 g/mol. The molecule has 0 atom stereocenters. The fourth-order valence-electron chi connectivity index (χ4n) is 2.99. The fourth-order valence-corrected chi connectivity index (χ4v) is 2.99. The maximum atomic E-state index is 12.5. The zero-order valence-electron chi connectivity index (χ0n) is 16.7. The zero-order valence-corrected chi connectivity index (χ0v) is 16.7. The van der Waals surface area contributed by atoms with Gasteiger partial charge in [-0.15, -0.1) is 0 Å². The lowest BCUT2D eigenvalue weighted by Crippen LogP contribution is -2.46. The highest BCUT2D eigenvalue weighted by Crippen LogP contribution is 2.24. The minimum Gasteiger partial charge on any atom is -0.456 e. The molecule has 4 amide bonds. The van der Waals surface area contributed by atoms with Crippen molar-refractivity contribution in [1.29, 1.82) is 0 Å². The van der Waals surface area contributed by atoms with Crippen molar-refractivity contribution in [3.05, 3.63) is 35.4 Å². The number of nitrogens with one attached hydrogen (secondary N) is 2. The lowest BCUT2D eigenvalue weighted by atomic mass is 9.93. The van der Waals surface area contributed by atoms with E-state index in [4.69, 9.17) is 4.74 Å². The number of carbonyl (C=O) groups excluding carboxylic acids is 5. The van der Waals surface area contributed by atoms with Crippen LogP contribution in [0.2, 0.25) is 0 Å². The summed E-state index contributed by atoms with van der Waals surface area (Å²) < 4.78 is 4.94. The molecule has 9 heteroatoms. The predicted molar refractivity (Wildman–Crippen MR) is 103 cm³/mol. The number of hydrogen-bond acceptors (Lipinski definition) is 6. The van der Waals surface area contributed by atoms with Crippen molar-refractivity contribution in [2.45, 2.75) is 45.7 Å². The molecule has 1 aliphatic heterocycles. The summed E-state index contributed by atoms with van der Waals surface area (Å²) in [6.45, 7) is 4.28. The highest BCUT2D eigenvalue weighted by molar-refractivity contribution is 6.08. The number of ketones is 1. The van der Waals surface area contributed by atoms with Gasteiger partial charge in [-0.2, -0.15) is 0 Å². The molecular formula is C20H25N3O6. The summed E-state index contributed by atoms with van der Waals surface area (Å²) in [7, 11) is 0. The van der Waals surface area contributed by atoms with Gasteiger partial charge in [-0.05, 0) is 18.4 Å². The highest BCUT2D eigenvalue weighted by Gasteiger charge is 2.49. The van der Waals surface area contributed by atoms with Crippen LogP contribution in [0.1, 0.15) is 49.5 Å². The first-order valence-electron chi connectivity index (χ1n) is 9.38. The van der Waals surface area contributed by atoms with Crippen molar-refractivity contribution in [2.24, 2.45) is 0 Å². The summed E-state index contributed by atoms with van der Waals surface area (Å²) in [6.07, 6.45) is 0.825. The van der Waals surface area contributed by atoms with E-state index >= 15 is 0 Å². The van der Waals surface area contributed by atoms with E-state index in [2.05, 4.69) is 10.6 Å². The number of esters is 1. The third kappa shape index (κ3) is 5.18. The Hall–Kier alpha value is -3.23. The van der Waals surface area contributed by atoms with Crippen LogP contribution in [0, 0.1) is 0 Å². The maximum absolute atomic E-state index is 12.5. The summed E-state index contributed by atoms with van der Waals surface area (Å²) >= 11 is 0. The molecule has 2 N–H and O–H groups in total. The molecule has 1 aromatic carbocycles. The van der Waals surface area contributed by atoms with E-state index in [1.54, 1.807) is 38.1 Å². The summed E-state index contributed by atoms with van der Waals surface area (Å²) in [6, 6.07) is 5.88. The van der Waals surface area contributed by atoms with Crippen molar-refractivity contribution in [2.75, 3.05) is 13.2 Å². The van der Waals surface area contributed by atoms with Gasteiger partial charge in [-0.25, -0.2) is 4.79 Å². The van der Waals surface area contributed by atoms with Crippen LogP contribution in [0.25, 0.3) is 0 Å². The van der Waals surface area contributed by atoms with E-state index < -0.39 is 42.4 Å². The molecule has 0 aromatic heterocycles. The Morgan fingerprint density at radius 3 is 2.24 bits per heavy atom. The SMILES string of the molecule is CCC1(CC)NC(=O)N(CC(=O)OCC(=O)c2ccc(CNC(C)=O)cc2)C1=O. The average molecular weight is 403 g/mol. The van der Waals surface area contributed by atoms with E-state index in [0.717, 1.165) is 10.5 Å². The molecule has 1 aliphatic rings. The van der Waals surface area contributed by atoms with Gasteiger partial charge in [-0.1, -0.05) is 38.1 Å². The number of carbonyl (C=O) groups is 5. The number of amides is 4. The van der Waals surface area contributed by atoms with Gasteiger partial charge in [0.05, 0.1) is 0 Å². The molecule has 1 fully saturated rings. The van der Waals surface area contributed by atoms with Gasteiger partial charge in [0.25, 0.3) is 5.91 Å². The molecule has 0 radical (unpaired) electrons. The van der Waals surface area contributed by atoms with Crippen LogP contribution in [0.4, 0.5) is 4.79 Å². The van der Waals surface area contributed by atoms with Crippen LogP contribution >= 0.6 is 0 Å². The highest BCUT2D eigenvalue weighted by atomic mass is 16.5. The third-order valence-corrected chi connectivity index (χ3v) is 4.92. The van der Waals surface area contributed by atoms with Crippen LogP contribution in [0.15, 0.2) is 24.3 Å². The smallest absolute Gasteiger partial charge is 0.326 e. The van der Waals surface area contributed by atoms with Crippen molar-refractivity contribution in [3.63, 3.8) is 0 Å². The van der Waals surface area contributed by atoms with Gasteiger partial charge in [0.1, 0.15) is 12.1 Å². The molecule has 1 saturated heterocycles. The number of hydrogen-bond donors (Lipinski definition) is 2. The number of imide groups is 1. The summed E-state index contributed by atoms with van der Waals surface area (Å²) in [5.74, 6) is -1.88. The second-order valence-electron chi connectivity index (χ2n) is 6.80. The molecule has 9 nitrogen and oxygen atoms in total. The number of ether oxygens (including phenoxy) is 1. The van der Waals surface area contributed by atoms with Crippen LogP contribution in [-0.2, 0) is 25.7 Å². The Kier molecular flexibility index (Phi) is 7.08. The van der Waals surface area contributed by atoms with Crippen molar-refractivity contribution in [1.82, 2.24) is 15.5 Å². The Morgan fingerprint density at radius 1 is 1.10 bits per heavy atom. The Bertz CT molecular complexity index is 814. The van der Waals surface area contributed by atoms with Gasteiger partial charge in [0.15, 0.2) is 12.4 Å². The maximum Gasteiger partial charge on any atom is 0.326 e. The van der Waals surface area contributed by atoms with Crippen molar-refractivity contribution < 1.29 is 28.7 Å². The molecule has 0 spiro atoms. The molecule has 156 valence electrons. The standard InChI is InChI=1S/C20H25N3O6/c1-4-20(5-2)18(27)23(19(28)22-20)11-17(26)29-12-16(25)15-8-6-14(7-9-15)10-21-13(3)24/h6-9H,4-5,10-12H2,1-3H3,(H,21,24)(H,22,28). The number of rotatable bonds is 9. The first kappa shape index (κ1) is 22.1. The second-order valence-corrected chi connectivity index (χ2v) is 6.80. The van der Waals surface area contributed by atoms with E-state index in [1.165, 1.54) is 6.92 Å². The predicted octanol–water partition coefficient (Wildman–Crippen LogP) is 1.16. The topological polar surface area (TPSA) is 122 Å². The van der Waals surface area contributed by atoms with Gasteiger partial charge in [-0.3, -0.25) is 24.1 Å². The molecule has 29 heavy (non-hydrogen) atoms. The van der Waals surface area contributed by atoms with Crippen LogP contribution in [0.3, 0.4) is 0 Å². The average Bonchev–Trinajstić information content (AvgIpc) is 2.95. The van der Waals surface area contributed by atoms with Gasteiger partial charge in [0.2, 0.25) is 5.91 Å². The van der Waals surface area contributed by atoms with Gasteiger partial charge < -0.3 is 15.4 Å². The molecule has 0 aliphatic carbocycles. The lowest BCUT2D eigenvalue weighted by Gasteiger charge is -2.22. The van der Waals surface area contributed by atoms with E-state index in [-0.39, 0.29) is 5.91 Å². The zero-order chi connectivity index (χ0) is 21.6.